The number of nitrogens with zero attached hydrogens (tertiary/aromatic N) is 5. The summed E-state index contributed by atoms with van der Waals surface area (Å²) in [7, 11) is 0. The van der Waals surface area contributed by atoms with E-state index in [0.29, 0.717) is 22.6 Å². The topological polar surface area (TPSA) is 69.0 Å². The van der Waals surface area contributed by atoms with E-state index in [1.165, 1.54) is 148 Å². The summed E-state index contributed by atoms with van der Waals surface area (Å²) in [5.74, 6) is 7.05. The SMILES string of the molecule is Cc1ccc2c(c1)-n1c3ccccc3c3ccc4c(c31)B2c1ccccc1O4.Cc1cccc2c1-n1c3ccccc3c3ccc4c(c31)B2c1ccccc1O4.Cc1cccc2c3ccc4c5c3n(c12)-c1ccccc1B5c1ccccc1O4.FI(F)(=Nc1ccccc1)c1cc2c3c4c1c1ccccc1n4-c1ccccc1B3c1ccccc1O2.[F-]. The molecule has 0 saturated carbocycles. The van der Waals surface area contributed by atoms with Crippen LogP contribution in [0.3, 0.4) is 0 Å². The van der Waals surface area contributed by atoms with Crippen LogP contribution >= 0.6 is 19.4 Å². The Hall–Kier alpha value is -14.3. The second-order valence-electron chi connectivity index (χ2n) is 32.8. The summed E-state index contributed by atoms with van der Waals surface area (Å²) < 4.78 is 71.8. The fraction of sp³-hybridized carbons (Fsp3) is 0.0286. The summed E-state index contributed by atoms with van der Waals surface area (Å²) >= 11 is -5.84. The molecule has 0 saturated heterocycles. The summed E-state index contributed by atoms with van der Waals surface area (Å²) in [6.07, 6.45) is 0. The van der Waals surface area contributed by atoms with Gasteiger partial charge in [-0.1, -0.05) is 158 Å². The molecule has 17 heteroatoms. The van der Waals surface area contributed by atoms with Crippen molar-refractivity contribution in [3.05, 3.63) is 366 Å². The Bertz CT molecular complexity index is 8280. The van der Waals surface area contributed by atoms with Crippen molar-refractivity contribution in [3.8, 4) is 68.7 Å². The molecule has 29 rings (SSSR count). The number of ether oxygens (including phenoxy) is 4. The molecule has 12 heterocycles. The van der Waals surface area contributed by atoms with Crippen molar-refractivity contribution in [2.24, 2.45) is 3.15 Å². The van der Waals surface area contributed by atoms with Crippen LogP contribution in [0.2, 0.25) is 0 Å². The molecule has 0 unspecified atom stereocenters. The van der Waals surface area contributed by atoms with E-state index in [-0.39, 0.29) is 35.1 Å². The Labute approximate surface area is 705 Å². The van der Waals surface area contributed by atoms with Gasteiger partial charge < -0.3 is 32.6 Å². The Morgan fingerprint density at radius 3 is 1.21 bits per heavy atom. The van der Waals surface area contributed by atoms with Crippen LogP contribution in [-0.2, 0) is 0 Å². The molecule has 0 atom stereocenters. The number of hydrogen-bond donors (Lipinski definition) is 0. The number of benzene rings is 17. The van der Waals surface area contributed by atoms with Crippen molar-refractivity contribution in [2.45, 2.75) is 20.8 Å². The second kappa shape index (κ2) is 26.4. The van der Waals surface area contributed by atoms with E-state index in [1.807, 2.05) is 60.7 Å². The Morgan fingerprint density at radius 2 is 0.648 bits per heavy atom. The predicted molar refractivity (Wildman–Crippen MR) is 505 cm³/mol. The van der Waals surface area contributed by atoms with Gasteiger partial charge >= 0.3 is 218 Å². The Kier molecular flexibility index (Phi) is 15.3. The van der Waals surface area contributed by atoms with Gasteiger partial charge in [-0.3, -0.25) is 0 Å². The molecular weight excluding hydrogens is 1620 g/mol. The maximum absolute atomic E-state index is 16.3. The third-order valence-corrected chi connectivity index (χ3v) is 29.8. The van der Waals surface area contributed by atoms with E-state index in [9.17, 15) is 0 Å². The molecule has 0 amide bonds. The van der Waals surface area contributed by atoms with Crippen molar-refractivity contribution in [1.82, 2.24) is 18.3 Å². The Balaban J connectivity index is 0.0000000900. The largest absolute Gasteiger partial charge is 1.00 e. The van der Waals surface area contributed by atoms with Crippen molar-refractivity contribution >= 4 is 205 Å². The van der Waals surface area contributed by atoms with Crippen LogP contribution in [0.15, 0.2) is 349 Å². The molecule has 0 fully saturated rings. The predicted octanol–water partition coefficient (Wildman–Crippen LogP) is 16.3. The van der Waals surface area contributed by atoms with E-state index in [2.05, 4.69) is 297 Å². The molecule has 8 aliphatic rings. The number of halogens is 4. The first-order chi connectivity index (χ1) is 59.6. The second-order valence-corrected chi connectivity index (χ2v) is 36.8. The molecule has 4 aromatic heterocycles. The third kappa shape index (κ3) is 9.81. The molecular formula is C105H66B4F3IN5O4-. The van der Waals surface area contributed by atoms with Crippen LogP contribution in [0.4, 0.5) is 11.4 Å². The van der Waals surface area contributed by atoms with E-state index in [1.54, 1.807) is 30.3 Å². The molecule has 17 aromatic carbocycles. The standard InChI is InChI=1S/C30H18BF2IN2O.3C25H16BNO.FH/c32-34(33,35-19-10-2-1-3-11-19)23-18-27-29-30-28(23)20-12-4-7-15-24(20)36(30)25-16-8-5-13-21(25)31(29)22-14-6-9-17-26(22)37-27;1-15-7-6-8-16-17-13-14-22-23-25(17)27(24(15)16)20-11-4-2-9-18(20)26(23)19-10-3-5-12-21(19)28-22;1-15-7-6-10-19-24(15)27-20-11-4-2-8-16(20)17-13-14-22-23(25(17)27)26(19)18-9-3-5-12-21(18)28-22;1-15-10-12-18-21(14-15)27-20-8-4-2-6-16(20)17-11-13-23-24(25(17)27)26(18)19-7-3-5-9-22(19)28-23;/h1-18H;3*2-14H,1H3;1H/p-1. The van der Waals surface area contributed by atoms with Crippen LogP contribution < -0.4 is 89.2 Å². The van der Waals surface area contributed by atoms with Crippen LogP contribution in [0.1, 0.15) is 16.7 Å². The maximum Gasteiger partial charge on any atom is -1.00 e. The zero-order valence-electron chi connectivity index (χ0n) is 66.1. The average Bonchev–Trinajstić information content (AvgIpc) is 1.51. The van der Waals surface area contributed by atoms with Gasteiger partial charge in [0.1, 0.15) is 34.5 Å². The number of aryl methyl sites for hydroxylation is 3. The summed E-state index contributed by atoms with van der Waals surface area (Å²) in [6, 6.07) is 119. The maximum atomic E-state index is 16.3. The van der Waals surface area contributed by atoms with Crippen LogP contribution in [-0.4, -0.2) is 45.1 Å². The van der Waals surface area contributed by atoms with Gasteiger partial charge in [-0.15, -0.1) is 0 Å². The van der Waals surface area contributed by atoms with Crippen LogP contribution in [0.25, 0.3) is 110 Å². The minimum Gasteiger partial charge on any atom is -1.00 e. The molecule has 122 heavy (non-hydrogen) atoms. The quantitative estimate of drug-likeness (QED) is 0.128. The molecule has 0 N–H and O–H groups in total. The summed E-state index contributed by atoms with van der Waals surface area (Å²) in [5, 5.41) is 9.23. The molecule has 0 radical (unpaired) electrons. The molecule has 0 bridgehead atoms. The first-order valence-electron chi connectivity index (χ1n) is 41.3. The number of para-hydroxylation sites is 11. The first kappa shape index (κ1) is 70.7. The molecule has 0 spiro atoms. The first-order valence-corrected chi connectivity index (χ1v) is 45.0. The van der Waals surface area contributed by atoms with Crippen molar-refractivity contribution in [3.63, 3.8) is 0 Å². The Morgan fingerprint density at radius 1 is 0.270 bits per heavy atom. The number of hydrogen-bond acceptors (Lipinski definition) is 5. The number of fused-ring (bicyclic) bond motifs is 32. The normalized spacial score (nSPS) is 13.4. The molecule has 576 valence electrons. The van der Waals surface area contributed by atoms with Crippen LogP contribution in [0.5, 0.6) is 46.0 Å². The van der Waals surface area contributed by atoms with Gasteiger partial charge in [-0.25, -0.2) is 0 Å². The van der Waals surface area contributed by atoms with Crippen LogP contribution in [0, 0.1) is 24.3 Å². The van der Waals surface area contributed by atoms with Gasteiger partial charge in [0.05, 0.1) is 33.1 Å². The van der Waals surface area contributed by atoms with E-state index >= 15 is 5.72 Å². The molecule has 8 aliphatic heterocycles. The molecule has 9 nitrogen and oxygen atoms in total. The third-order valence-electron chi connectivity index (χ3n) is 26.4. The minimum absolute atomic E-state index is 0. The van der Waals surface area contributed by atoms with Gasteiger partial charge in [0.15, 0.2) is 0 Å². The number of aromatic nitrogens is 4. The van der Waals surface area contributed by atoms with E-state index in [4.69, 9.17) is 18.9 Å². The smallest absolute Gasteiger partial charge is 1.00 e. The molecule has 0 aliphatic carbocycles. The zero-order valence-corrected chi connectivity index (χ0v) is 68.3. The summed E-state index contributed by atoms with van der Waals surface area (Å²) in [4.78, 5) is 0. The average molecular weight is 1690 g/mol. The zero-order chi connectivity index (χ0) is 79.9. The van der Waals surface area contributed by atoms with Crippen molar-refractivity contribution in [1.29, 1.82) is 0 Å². The monoisotopic (exact) mass is 1690 g/mol. The van der Waals surface area contributed by atoms with Gasteiger partial charge in [-0.2, -0.15) is 0 Å². The van der Waals surface area contributed by atoms with E-state index in [0.717, 1.165) is 73.0 Å². The summed E-state index contributed by atoms with van der Waals surface area (Å²) in [5.41, 5.74) is 33.4. The van der Waals surface area contributed by atoms with Gasteiger partial charge in [0.25, 0.3) is 20.1 Å². The van der Waals surface area contributed by atoms with Crippen molar-refractivity contribution < 1.29 is 29.4 Å². The minimum atomic E-state index is -5.84. The van der Waals surface area contributed by atoms with Crippen molar-refractivity contribution in [2.75, 3.05) is 0 Å². The molecule has 21 aromatic rings. The van der Waals surface area contributed by atoms with Gasteiger partial charge in [-0.05, 0) is 165 Å². The van der Waals surface area contributed by atoms with Gasteiger partial charge in [0.2, 0.25) is 0 Å². The fourth-order valence-corrected chi connectivity index (χ4v) is 24.8. The fourth-order valence-electron chi connectivity index (χ4n) is 21.7. The van der Waals surface area contributed by atoms with Gasteiger partial charge in [0, 0.05) is 49.4 Å². The van der Waals surface area contributed by atoms with E-state index < -0.39 is 19.4 Å². The number of rotatable bonds is 2. The summed E-state index contributed by atoms with van der Waals surface area (Å²) in [6.45, 7) is 7.11.